The Bertz CT molecular complexity index is 294. The van der Waals surface area contributed by atoms with E-state index in [0.29, 0.717) is 0 Å². The van der Waals surface area contributed by atoms with Crippen LogP contribution in [0.5, 0.6) is 0 Å². The smallest absolute Gasteiger partial charge is 0.0378 e. The molecule has 2 nitrogen and oxygen atoms in total. The number of nitrogens with zero attached hydrogens (tertiary/aromatic N) is 1. The first-order valence-electron chi connectivity index (χ1n) is 5.39. The van der Waals surface area contributed by atoms with Crippen molar-refractivity contribution in [2.45, 2.75) is 26.7 Å². The fourth-order valence-corrected chi connectivity index (χ4v) is 2.26. The van der Waals surface area contributed by atoms with Crippen molar-refractivity contribution < 1.29 is 0 Å². The van der Waals surface area contributed by atoms with Crippen LogP contribution in [0.25, 0.3) is 0 Å². The second-order valence-electron chi connectivity index (χ2n) is 4.32. The number of pyridine rings is 1. The van der Waals surface area contributed by atoms with E-state index in [4.69, 9.17) is 0 Å². The van der Waals surface area contributed by atoms with Gasteiger partial charge in [-0.25, -0.2) is 0 Å². The van der Waals surface area contributed by atoms with Crippen molar-refractivity contribution in [3.63, 3.8) is 0 Å². The Morgan fingerprint density at radius 3 is 2.64 bits per heavy atom. The third-order valence-electron chi connectivity index (χ3n) is 2.83. The Hall–Kier alpha value is -0.890. The molecule has 0 bridgehead atoms. The van der Waals surface area contributed by atoms with Gasteiger partial charge in [0.25, 0.3) is 0 Å². The summed E-state index contributed by atoms with van der Waals surface area (Å²) in [4.78, 5) is 4.39. The second kappa shape index (κ2) is 4.09. The second-order valence-corrected chi connectivity index (χ2v) is 4.32. The first-order valence-corrected chi connectivity index (χ1v) is 5.39. The third-order valence-corrected chi connectivity index (χ3v) is 2.83. The number of rotatable bonds is 2. The van der Waals surface area contributed by atoms with Gasteiger partial charge in [0.1, 0.15) is 0 Å². The van der Waals surface area contributed by atoms with Crippen molar-refractivity contribution >= 4 is 0 Å². The highest BCUT2D eigenvalue weighted by Crippen LogP contribution is 2.16. The van der Waals surface area contributed by atoms with E-state index in [-0.39, 0.29) is 0 Å². The molecule has 1 fully saturated rings. The van der Waals surface area contributed by atoms with E-state index >= 15 is 0 Å². The van der Waals surface area contributed by atoms with Crippen molar-refractivity contribution in [3.05, 3.63) is 29.1 Å². The van der Waals surface area contributed by atoms with E-state index in [9.17, 15) is 0 Å². The predicted molar refractivity (Wildman–Crippen MR) is 58.4 cm³/mol. The lowest BCUT2D eigenvalue weighted by Gasteiger charge is -2.09. The van der Waals surface area contributed by atoms with Crippen molar-refractivity contribution in [1.82, 2.24) is 10.3 Å². The van der Waals surface area contributed by atoms with Crippen molar-refractivity contribution in [2.75, 3.05) is 13.1 Å². The molecular weight excluding hydrogens is 172 g/mol. The fourth-order valence-electron chi connectivity index (χ4n) is 2.26. The normalized spacial score (nSPS) is 21.4. The Balaban J connectivity index is 2.07. The molecule has 1 N–H and O–H groups in total. The zero-order valence-corrected chi connectivity index (χ0v) is 9.01. The average molecular weight is 190 g/mol. The molecular formula is C12H18N2. The molecule has 1 aromatic rings. The van der Waals surface area contributed by atoms with E-state index in [1.165, 1.54) is 31.5 Å². The minimum Gasteiger partial charge on any atom is -0.316 e. The highest BCUT2D eigenvalue weighted by molar-refractivity contribution is 5.21. The molecule has 0 amide bonds. The van der Waals surface area contributed by atoms with Crippen LogP contribution >= 0.6 is 0 Å². The van der Waals surface area contributed by atoms with E-state index in [1.807, 2.05) is 0 Å². The topological polar surface area (TPSA) is 24.9 Å². The molecule has 1 aliphatic rings. The largest absolute Gasteiger partial charge is 0.316 e. The molecule has 2 heterocycles. The number of aryl methyl sites for hydroxylation is 2. The number of hydrogen-bond acceptors (Lipinski definition) is 2. The summed E-state index contributed by atoms with van der Waals surface area (Å²) in [5, 5.41) is 3.41. The maximum absolute atomic E-state index is 4.39. The lowest BCUT2D eigenvalue weighted by atomic mass is 9.98. The van der Waals surface area contributed by atoms with Crippen molar-refractivity contribution in [2.24, 2.45) is 5.92 Å². The maximum atomic E-state index is 4.39. The van der Waals surface area contributed by atoms with Crippen LogP contribution in [-0.4, -0.2) is 18.1 Å². The van der Waals surface area contributed by atoms with E-state index in [1.54, 1.807) is 0 Å². The van der Waals surface area contributed by atoms with Crippen LogP contribution in [0.2, 0.25) is 0 Å². The molecule has 1 saturated heterocycles. The number of hydrogen-bond donors (Lipinski definition) is 1. The van der Waals surface area contributed by atoms with Crippen LogP contribution < -0.4 is 5.32 Å². The Morgan fingerprint density at radius 1 is 1.36 bits per heavy atom. The Morgan fingerprint density at radius 2 is 2.07 bits per heavy atom. The molecule has 14 heavy (non-hydrogen) atoms. The van der Waals surface area contributed by atoms with Gasteiger partial charge in [-0.1, -0.05) is 0 Å². The summed E-state index contributed by atoms with van der Waals surface area (Å²) in [6.07, 6.45) is 2.53. The number of nitrogens with one attached hydrogen (secondary N) is 1. The molecule has 0 aliphatic carbocycles. The monoisotopic (exact) mass is 190 g/mol. The molecule has 76 valence electrons. The minimum absolute atomic E-state index is 0.830. The highest BCUT2D eigenvalue weighted by Gasteiger charge is 2.14. The molecule has 0 saturated carbocycles. The highest BCUT2D eigenvalue weighted by atomic mass is 14.9. The first kappa shape index (κ1) is 9.66. The SMILES string of the molecule is Cc1cc(C[C@@H]2CCNC2)cc(C)n1. The molecule has 0 radical (unpaired) electrons. The third kappa shape index (κ3) is 2.32. The molecule has 1 aliphatic heterocycles. The van der Waals surface area contributed by atoms with Gasteiger partial charge in [0.05, 0.1) is 0 Å². The van der Waals surface area contributed by atoms with Crippen LogP contribution in [0.15, 0.2) is 12.1 Å². The first-order chi connectivity index (χ1) is 6.74. The lowest BCUT2D eigenvalue weighted by Crippen LogP contribution is -2.11. The van der Waals surface area contributed by atoms with E-state index in [2.05, 4.69) is 36.3 Å². The number of aromatic nitrogens is 1. The van der Waals surface area contributed by atoms with Crippen molar-refractivity contribution in [3.8, 4) is 0 Å². The van der Waals surface area contributed by atoms with Gasteiger partial charge < -0.3 is 5.32 Å². The Labute approximate surface area is 85.7 Å². The zero-order valence-electron chi connectivity index (χ0n) is 9.01. The molecule has 0 unspecified atom stereocenters. The van der Waals surface area contributed by atoms with Crippen LogP contribution in [0, 0.1) is 19.8 Å². The summed E-state index contributed by atoms with van der Waals surface area (Å²) in [7, 11) is 0. The van der Waals surface area contributed by atoms with Gasteiger partial charge in [0.2, 0.25) is 0 Å². The Kier molecular flexibility index (Phi) is 2.82. The summed E-state index contributed by atoms with van der Waals surface area (Å²) in [6, 6.07) is 4.43. The van der Waals surface area contributed by atoms with Gasteiger partial charge in [0.15, 0.2) is 0 Å². The van der Waals surface area contributed by atoms with Crippen LogP contribution in [0.4, 0.5) is 0 Å². The van der Waals surface area contributed by atoms with Gasteiger partial charge in [-0.15, -0.1) is 0 Å². The summed E-state index contributed by atoms with van der Waals surface area (Å²) >= 11 is 0. The van der Waals surface area contributed by atoms with E-state index in [0.717, 1.165) is 17.3 Å². The summed E-state index contributed by atoms with van der Waals surface area (Å²) < 4.78 is 0. The summed E-state index contributed by atoms with van der Waals surface area (Å²) in [5.41, 5.74) is 3.74. The quantitative estimate of drug-likeness (QED) is 0.770. The van der Waals surface area contributed by atoms with Gasteiger partial charge in [-0.3, -0.25) is 4.98 Å². The van der Waals surface area contributed by atoms with Crippen LogP contribution in [-0.2, 0) is 6.42 Å². The standard InChI is InChI=1S/C12H18N2/c1-9-5-12(6-10(2)14-9)7-11-3-4-13-8-11/h5-6,11,13H,3-4,7-8H2,1-2H3/t11-/m0/s1. The molecule has 2 heteroatoms. The van der Waals surface area contributed by atoms with Crippen LogP contribution in [0.3, 0.4) is 0 Å². The van der Waals surface area contributed by atoms with Gasteiger partial charge in [-0.05, 0) is 63.4 Å². The molecule has 1 aromatic heterocycles. The molecule has 1 atom stereocenters. The molecule has 0 aromatic carbocycles. The molecule has 2 rings (SSSR count). The van der Waals surface area contributed by atoms with Crippen molar-refractivity contribution in [1.29, 1.82) is 0 Å². The average Bonchev–Trinajstić information content (AvgIpc) is 2.54. The van der Waals surface area contributed by atoms with E-state index < -0.39 is 0 Å². The summed E-state index contributed by atoms with van der Waals surface area (Å²) in [6.45, 7) is 6.51. The van der Waals surface area contributed by atoms with Gasteiger partial charge >= 0.3 is 0 Å². The maximum Gasteiger partial charge on any atom is 0.0378 e. The fraction of sp³-hybridized carbons (Fsp3) is 0.583. The van der Waals surface area contributed by atoms with Gasteiger partial charge in [-0.2, -0.15) is 0 Å². The zero-order chi connectivity index (χ0) is 9.97. The van der Waals surface area contributed by atoms with Gasteiger partial charge in [0, 0.05) is 11.4 Å². The lowest BCUT2D eigenvalue weighted by molar-refractivity contribution is 0.579. The minimum atomic E-state index is 0.830. The van der Waals surface area contributed by atoms with Crippen LogP contribution in [0.1, 0.15) is 23.4 Å². The predicted octanol–water partition coefficient (Wildman–Crippen LogP) is 1.85. The molecule has 0 spiro atoms. The summed E-state index contributed by atoms with van der Waals surface area (Å²) in [5.74, 6) is 0.830.